The van der Waals surface area contributed by atoms with Gasteiger partial charge in [0.2, 0.25) is 5.91 Å². The van der Waals surface area contributed by atoms with Gasteiger partial charge in [0.25, 0.3) is 0 Å². The standard InChI is InChI=1S/C14H15ClN2O3/c1-17(2)13(18)12(8-16)7-10-4-3-5-11(6-10)9-20-14(15)19/h3-6,12H,7,9H2,1-2H3. The molecule has 1 aromatic carbocycles. The minimum absolute atomic E-state index is 0.0645. The lowest BCUT2D eigenvalue weighted by Crippen LogP contribution is -2.30. The molecule has 0 aromatic heterocycles. The molecule has 5 nitrogen and oxygen atoms in total. The van der Waals surface area contributed by atoms with Gasteiger partial charge in [0.15, 0.2) is 0 Å². The fourth-order valence-corrected chi connectivity index (χ4v) is 1.78. The van der Waals surface area contributed by atoms with Crippen molar-refractivity contribution < 1.29 is 14.3 Å². The molecule has 20 heavy (non-hydrogen) atoms. The molecule has 106 valence electrons. The summed E-state index contributed by atoms with van der Waals surface area (Å²) in [5, 5.41) is 9.07. The maximum atomic E-state index is 11.8. The van der Waals surface area contributed by atoms with Crippen LogP contribution in [0.1, 0.15) is 11.1 Å². The van der Waals surface area contributed by atoms with Gasteiger partial charge >= 0.3 is 5.43 Å². The summed E-state index contributed by atoms with van der Waals surface area (Å²) in [6.07, 6.45) is 0.316. The van der Waals surface area contributed by atoms with Gasteiger partial charge in [-0.1, -0.05) is 24.3 Å². The Labute approximate surface area is 122 Å². The summed E-state index contributed by atoms with van der Waals surface area (Å²) in [6.45, 7) is 0.0645. The first kappa shape index (κ1) is 16.0. The summed E-state index contributed by atoms with van der Waals surface area (Å²) in [6, 6.07) is 9.16. The molecule has 0 aliphatic rings. The first-order valence-corrected chi connectivity index (χ1v) is 6.32. The van der Waals surface area contributed by atoms with Gasteiger partial charge < -0.3 is 9.64 Å². The highest BCUT2D eigenvalue weighted by molar-refractivity contribution is 6.61. The summed E-state index contributed by atoms with van der Waals surface area (Å²) >= 11 is 5.10. The number of nitriles is 1. The highest BCUT2D eigenvalue weighted by atomic mass is 35.5. The molecule has 1 amide bonds. The maximum absolute atomic E-state index is 11.8. The molecule has 0 aliphatic carbocycles. The van der Waals surface area contributed by atoms with E-state index in [0.29, 0.717) is 6.42 Å². The first-order valence-electron chi connectivity index (χ1n) is 5.95. The predicted octanol–water partition coefficient (Wildman–Crippen LogP) is 2.33. The number of benzene rings is 1. The molecular weight excluding hydrogens is 280 g/mol. The summed E-state index contributed by atoms with van der Waals surface area (Å²) in [7, 11) is 3.23. The summed E-state index contributed by atoms with van der Waals surface area (Å²) in [5.74, 6) is -0.957. The van der Waals surface area contributed by atoms with Crippen molar-refractivity contribution >= 4 is 22.9 Å². The molecule has 1 aromatic rings. The van der Waals surface area contributed by atoms with Crippen LogP contribution in [0, 0.1) is 17.2 Å². The number of nitrogens with zero attached hydrogens (tertiary/aromatic N) is 2. The van der Waals surface area contributed by atoms with Gasteiger partial charge in [0, 0.05) is 25.7 Å². The molecule has 0 N–H and O–H groups in total. The van der Waals surface area contributed by atoms with Crippen LogP contribution in [0.15, 0.2) is 24.3 Å². The number of hydrogen-bond acceptors (Lipinski definition) is 4. The van der Waals surface area contributed by atoms with Crippen LogP contribution in [0.2, 0.25) is 0 Å². The molecular formula is C14H15ClN2O3. The van der Waals surface area contributed by atoms with Crippen LogP contribution in [0.5, 0.6) is 0 Å². The Balaban J connectivity index is 2.77. The zero-order chi connectivity index (χ0) is 15.1. The molecule has 1 atom stereocenters. The first-order chi connectivity index (χ1) is 9.43. The molecule has 1 rings (SSSR count). The molecule has 0 saturated heterocycles. The second-order valence-corrected chi connectivity index (χ2v) is 4.77. The van der Waals surface area contributed by atoms with Crippen LogP contribution in [0.4, 0.5) is 4.79 Å². The number of halogens is 1. The number of rotatable bonds is 5. The molecule has 0 heterocycles. The molecule has 0 saturated carbocycles. The van der Waals surface area contributed by atoms with E-state index in [4.69, 9.17) is 16.9 Å². The lowest BCUT2D eigenvalue weighted by atomic mass is 9.98. The van der Waals surface area contributed by atoms with E-state index >= 15 is 0 Å². The summed E-state index contributed by atoms with van der Waals surface area (Å²) in [4.78, 5) is 23.7. The predicted molar refractivity (Wildman–Crippen MR) is 74.0 cm³/mol. The number of ether oxygens (including phenoxy) is 1. The molecule has 1 unspecified atom stereocenters. The average molecular weight is 295 g/mol. The van der Waals surface area contributed by atoms with Crippen LogP contribution >= 0.6 is 11.6 Å². The summed E-state index contributed by atoms with van der Waals surface area (Å²) in [5.41, 5.74) is 0.716. The highest BCUT2D eigenvalue weighted by Gasteiger charge is 2.20. The number of carbonyl (C=O) groups is 2. The third-order valence-corrected chi connectivity index (χ3v) is 2.79. The molecule has 0 radical (unpaired) electrons. The highest BCUT2D eigenvalue weighted by Crippen LogP contribution is 2.13. The van der Waals surface area contributed by atoms with Crippen molar-refractivity contribution in [2.75, 3.05) is 14.1 Å². The van der Waals surface area contributed by atoms with E-state index in [0.717, 1.165) is 11.1 Å². The van der Waals surface area contributed by atoms with Crippen molar-refractivity contribution in [3.63, 3.8) is 0 Å². The number of amides is 1. The maximum Gasteiger partial charge on any atom is 0.404 e. The Morgan fingerprint density at radius 2 is 2.05 bits per heavy atom. The van der Waals surface area contributed by atoms with Crippen molar-refractivity contribution in [1.82, 2.24) is 4.90 Å². The largest absolute Gasteiger partial charge is 0.449 e. The average Bonchev–Trinajstić information content (AvgIpc) is 2.42. The van der Waals surface area contributed by atoms with Gasteiger partial charge in [0.1, 0.15) is 12.5 Å². The van der Waals surface area contributed by atoms with Gasteiger partial charge in [0.05, 0.1) is 6.07 Å². The third-order valence-electron chi connectivity index (χ3n) is 2.68. The van der Waals surface area contributed by atoms with Crippen LogP contribution < -0.4 is 0 Å². The Morgan fingerprint density at radius 1 is 1.40 bits per heavy atom. The lowest BCUT2D eigenvalue weighted by Gasteiger charge is -2.15. The second-order valence-electron chi connectivity index (χ2n) is 4.46. The van der Waals surface area contributed by atoms with E-state index in [-0.39, 0.29) is 12.5 Å². The van der Waals surface area contributed by atoms with E-state index in [9.17, 15) is 9.59 Å². The van der Waals surface area contributed by atoms with Crippen LogP contribution in [0.3, 0.4) is 0 Å². The number of carbonyl (C=O) groups excluding carboxylic acids is 2. The summed E-state index contributed by atoms with van der Waals surface area (Å²) < 4.78 is 4.69. The van der Waals surface area contributed by atoms with E-state index in [2.05, 4.69) is 4.74 Å². The minimum atomic E-state index is -0.868. The van der Waals surface area contributed by atoms with Gasteiger partial charge in [-0.25, -0.2) is 4.79 Å². The fraction of sp³-hybridized carbons (Fsp3) is 0.357. The SMILES string of the molecule is CN(C)C(=O)C(C#N)Cc1cccc(COC(=O)Cl)c1. The van der Waals surface area contributed by atoms with Crippen molar-refractivity contribution in [2.45, 2.75) is 13.0 Å². The van der Waals surface area contributed by atoms with Crippen molar-refractivity contribution in [3.05, 3.63) is 35.4 Å². The molecule has 0 fully saturated rings. The molecule has 0 spiro atoms. The minimum Gasteiger partial charge on any atom is -0.449 e. The smallest absolute Gasteiger partial charge is 0.404 e. The van der Waals surface area contributed by atoms with Gasteiger partial charge in [-0.05, 0) is 17.5 Å². The zero-order valence-corrected chi connectivity index (χ0v) is 12.1. The third kappa shape index (κ3) is 4.90. The van der Waals surface area contributed by atoms with Gasteiger partial charge in [-0.3, -0.25) is 4.79 Å². The van der Waals surface area contributed by atoms with E-state index < -0.39 is 11.3 Å². The molecule has 0 bridgehead atoms. The Hall–Kier alpha value is -2.06. The second kappa shape index (κ2) is 7.51. The van der Waals surface area contributed by atoms with Crippen LogP contribution in [-0.4, -0.2) is 30.3 Å². The van der Waals surface area contributed by atoms with Crippen molar-refractivity contribution in [1.29, 1.82) is 5.26 Å². The number of hydrogen-bond donors (Lipinski definition) is 0. The Morgan fingerprint density at radius 3 is 2.60 bits per heavy atom. The quantitative estimate of drug-likeness (QED) is 0.782. The van der Waals surface area contributed by atoms with Gasteiger partial charge in [-0.2, -0.15) is 5.26 Å². The molecule has 0 aliphatic heterocycles. The van der Waals surface area contributed by atoms with E-state index in [1.165, 1.54) is 4.90 Å². The fourth-order valence-electron chi connectivity index (χ4n) is 1.72. The van der Waals surface area contributed by atoms with E-state index in [1.54, 1.807) is 32.3 Å². The Kier molecular flexibility index (Phi) is 6.01. The lowest BCUT2D eigenvalue weighted by molar-refractivity contribution is -0.131. The van der Waals surface area contributed by atoms with Crippen molar-refractivity contribution in [3.8, 4) is 6.07 Å². The van der Waals surface area contributed by atoms with Gasteiger partial charge in [-0.15, -0.1) is 0 Å². The van der Waals surface area contributed by atoms with Crippen molar-refractivity contribution in [2.24, 2.45) is 5.92 Å². The van der Waals surface area contributed by atoms with Crippen LogP contribution in [0.25, 0.3) is 0 Å². The zero-order valence-electron chi connectivity index (χ0n) is 11.3. The van der Waals surface area contributed by atoms with Crippen LogP contribution in [-0.2, 0) is 22.6 Å². The monoisotopic (exact) mass is 294 g/mol. The van der Waals surface area contributed by atoms with E-state index in [1.807, 2.05) is 12.1 Å². The topological polar surface area (TPSA) is 70.4 Å². The molecule has 6 heteroatoms. The normalized spacial score (nSPS) is 11.3. The Bertz CT molecular complexity index is 537.